The number of hydrogen-bond acceptors (Lipinski definition) is 3. The Morgan fingerprint density at radius 3 is 1.93 bits per heavy atom. The van der Waals surface area contributed by atoms with Crippen LogP contribution in [0.1, 0.15) is 11.1 Å². The lowest BCUT2D eigenvalue weighted by atomic mass is 10.1. The van der Waals surface area contributed by atoms with E-state index in [4.69, 9.17) is 0 Å². The fourth-order valence-electron chi connectivity index (χ4n) is 3.80. The first-order chi connectivity index (χ1) is 14.2. The van der Waals surface area contributed by atoms with Gasteiger partial charge >= 0.3 is 0 Å². The van der Waals surface area contributed by atoms with Crippen molar-refractivity contribution >= 4 is 23.0 Å². The highest BCUT2D eigenvalue weighted by atomic mass is 16.1. The van der Waals surface area contributed by atoms with Gasteiger partial charge in [0.2, 0.25) is 5.91 Å². The first-order valence-corrected chi connectivity index (χ1v) is 10.2. The minimum Gasteiger partial charge on any atom is -0.368 e. The first kappa shape index (κ1) is 19.1. The molecule has 0 bridgehead atoms. The Morgan fingerprint density at radius 2 is 1.31 bits per heavy atom. The van der Waals surface area contributed by atoms with Crippen molar-refractivity contribution in [3.05, 3.63) is 90.0 Å². The standard InChI is InChI=1S/C25H27N3O/c1-20-7-5-6-8-21(20)19-25(29)26-22-11-13-24(14-12-22)28-17-15-27(16-18-28)23-9-3-2-4-10-23/h2-14H,15-19H2,1H3,(H,26,29). The number of piperazine rings is 1. The van der Waals surface area contributed by atoms with Gasteiger partial charge in [-0.2, -0.15) is 0 Å². The summed E-state index contributed by atoms with van der Waals surface area (Å²) in [6, 6.07) is 26.8. The molecule has 0 atom stereocenters. The Morgan fingerprint density at radius 1 is 0.759 bits per heavy atom. The van der Waals surface area contributed by atoms with Gasteiger partial charge in [-0.05, 0) is 54.4 Å². The fraction of sp³-hybridized carbons (Fsp3) is 0.240. The first-order valence-electron chi connectivity index (χ1n) is 10.2. The van der Waals surface area contributed by atoms with Gasteiger partial charge in [0, 0.05) is 43.2 Å². The number of nitrogens with one attached hydrogen (secondary N) is 1. The molecule has 0 aliphatic carbocycles. The molecule has 1 aliphatic heterocycles. The van der Waals surface area contributed by atoms with Crippen molar-refractivity contribution in [3.63, 3.8) is 0 Å². The van der Waals surface area contributed by atoms with Gasteiger partial charge in [-0.15, -0.1) is 0 Å². The maximum Gasteiger partial charge on any atom is 0.228 e. The zero-order valence-electron chi connectivity index (χ0n) is 16.8. The van der Waals surface area contributed by atoms with Crippen LogP contribution in [0, 0.1) is 6.92 Å². The van der Waals surface area contributed by atoms with Crippen molar-refractivity contribution in [1.82, 2.24) is 0 Å². The van der Waals surface area contributed by atoms with Crippen molar-refractivity contribution in [2.45, 2.75) is 13.3 Å². The van der Waals surface area contributed by atoms with E-state index in [1.807, 2.05) is 43.3 Å². The lowest BCUT2D eigenvalue weighted by Gasteiger charge is -2.37. The number of benzene rings is 3. The number of nitrogens with zero attached hydrogens (tertiary/aromatic N) is 2. The number of amides is 1. The van der Waals surface area contributed by atoms with Crippen LogP contribution < -0.4 is 15.1 Å². The number of aryl methyl sites for hydroxylation is 1. The summed E-state index contributed by atoms with van der Waals surface area (Å²) in [7, 11) is 0. The summed E-state index contributed by atoms with van der Waals surface area (Å²) in [6.07, 6.45) is 0.399. The molecule has 1 N–H and O–H groups in total. The van der Waals surface area contributed by atoms with E-state index in [1.54, 1.807) is 0 Å². The molecule has 0 aromatic heterocycles. The summed E-state index contributed by atoms with van der Waals surface area (Å²) in [4.78, 5) is 17.2. The van der Waals surface area contributed by atoms with E-state index in [1.165, 1.54) is 11.4 Å². The monoisotopic (exact) mass is 385 g/mol. The van der Waals surface area contributed by atoms with Crippen LogP contribution in [0.15, 0.2) is 78.9 Å². The Hall–Kier alpha value is -3.27. The van der Waals surface area contributed by atoms with Crippen LogP contribution >= 0.6 is 0 Å². The summed E-state index contributed by atoms with van der Waals surface area (Å²) < 4.78 is 0. The molecule has 4 rings (SSSR count). The summed E-state index contributed by atoms with van der Waals surface area (Å²) in [5.41, 5.74) is 5.55. The van der Waals surface area contributed by atoms with Gasteiger partial charge in [-0.3, -0.25) is 4.79 Å². The van der Waals surface area contributed by atoms with Crippen LogP contribution in [0.5, 0.6) is 0 Å². The molecular weight excluding hydrogens is 358 g/mol. The average molecular weight is 386 g/mol. The molecular formula is C25H27N3O. The van der Waals surface area contributed by atoms with Gasteiger partial charge in [-0.1, -0.05) is 42.5 Å². The van der Waals surface area contributed by atoms with Crippen molar-refractivity contribution < 1.29 is 4.79 Å². The largest absolute Gasteiger partial charge is 0.368 e. The molecule has 4 nitrogen and oxygen atoms in total. The van der Waals surface area contributed by atoms with Crippen LogP contribution in [0.25, 0.3) is 0 Å². The molecule has 1 aliphatic rings. The maximum absolute atomic E-state index is 12.4. The Bertz CT molecular complexity index is 945. The zero-order valence-corrected chi connectivity index (χ0v) is 16.8. The molecule has 3 aromatic rings. The average Bonchev–Trinajstić information content (AvgIpc) is 2.77. The van der Waals surface area contributed by atoms with E-state index >= 15 is 0 Å². The second-order valence-corrected chi connectivity index (χ2v) is 7.51. The van der Waals surface area contributed by atoms with E-state index in [0.29, 0.717) is 6.42 Å². The van der Waals surface area contributed by atoms with Crippen LogP contribution in [-0.4, -0.2) is 32.1 Å². The van der Waals surface area contributed by atoms with Crippen LogP contribution in [0.3, 0.4) is 0 Å². The minimum atomic E-state index is 0.0172. The molecule has 1 saturated heterocycles. The van der Waals surface area contributed by atoms with Crippen LogP contribution in [0.2, 0.25) is 0 Å². The summed E-state index contributed by atoms with van der Waals surface area (Å²) >= 11 is 0. The number of rotatable bonds is 5. The van der Waals surface area contributed by atoms with Gasteiger partial charge in [-0.25, -0.2) is 0 Å². The smallest absolute Gasteiger partial charge is 0.228 e. The molecule has 3 aromatic carbocycles. The SMILES string of the molecule is Cc1ccccc1CC(=O)Nc1ccc(N2CCN(c3ccccc3)CC2)cc1. The van der Waals surface area contributed by atoms with E-state index in [9.17, 15) is 4.79 Å². The lowest BCUT2D eigenvalue weighted by Crippen LogP contribution is -2.46. The van der Waals surface area contributed by atoms with Crippen molar-refractivity contribution in [1.29, 1.82) is 0 Å². The lowest BCUT2D eigenvalue weighted by molar-refractivity contribution is -0.115. The Balaban J connectivity index is 1.31. The molecule has 0 unspecified atom stereocenters. The number of carbonyl (C=O) groups is 1. The molecule has 1 heterocycles. The molecule has 0 radical (unpaired) electrons. The van der Waals surface area contributed by atoms with Crippen LogP contribution in [0.4, 0.5) is 17.1 Å². The van der Waals surface area contributed by atoms with E-state index < -0.39 is 0 Å². The topological polar surface area (TPSA) is 35.6 Å². The zero-order chi connectivity index (χ0) is 20.1. The highest BCUT2D eigenvalue weighted by molar-refractivity contribution is 5.92. The second kappa shape index (κ2) is 8.82. The molecule has 0 spiro atoms. The van der Waals surface area contributed by atoms with Crippen molar-refractivity contribution in [2.24, 2.45) is 0 Å². The summed E-state index contributed by atoms with van der Waals surface area (Å²) in [6.45, 7) is 6.05. The number of carbonyl (C=O) groups excluding carboxylic acids is 1. The van der Waals surface area contributed by atoms with Gasteiger partial charge in [0.1, 0.15) is 0 Å². The summed E-state index contributed by atoms with van der Waals surface area (Å²) in [5.74, 6) is 0.0172. The molecule has 4 heteroatoms. The number of hydrogen-bond donors (Lipinski definition) is 1. The normalized spacial score (nSPS) is 14.0. The molecule has 148 valence electrons. The van der Waals surface area contributed by atoms with E-state index in [0.717, 1.165) is 43.0 Å². The molecule has 29 heavy (non-hydrogen) atoms. The fourth-order valence-corrected chi connectivity index (χ4v) is 3.80. The van der Waals surface area contributed by atoms with Gasteiger partial charge in [0.05, 0.1) is 6.42 Å². The molecule has 0 saturated carbocycles. The van der Waals surface area contributed by atoms with Gasteiger partial charge < -0.3 is 15.1 Å². The number of para-hydroxylation sites is 1. The minimum absolute atomic E-state index is 0.0172. The molecule has 1 amide bonds. The second-order valence-electron chi connectivity index (χ2n) is 7.51. The number of anilines is 3. The van der Waals surface area contributed by atoms with Crippen molar-refractivity contribution in [2.75, 3.05) is 41.3 Å². The highest BCUT2D eigenvalue weighted by Gasteiger charge is 2.17. The predicted molar refractivity (Wildman–Crippen MR) is 121 cm³/mol. The quantitative estimate of drug-likeness (QED) is 0.702. The third kappa shape index (κ3) is 4.77. The third-order valence-corrected chi connectivity index (χ3v) is 5.53. The maximum atomic E-state index is 12.4. The Kier molecular flexibility index (Phi) is 5.80. The van der Waals surface area contributed by atoms with Crippen LogP contribution in [-0.2, 0) is 11.2 Å². The van der Waals surface area contributed by atoms with E-state index in [-0.39, 0.29) is 5.91 Å². The van der Waals surface area contributed by atoms with Gasteiger partial charge in [0.25, 0.3) is 0 Å². The highest BCUT2D eigenvalue weighted by Crippen LogP contribution is 2.22. The van der Waals surface area contributed by atoms with Crippen molar-refractivity contribution in [3.8, 4) is 0 Å². The van der Waals surface area contributed by atoms with Gasteiger partial charge in [0.15, 0.2) is 0 Å². The van der Waals surface area contributed by atoms with E-state index in [2.05, 4.69) is 57.6 Å². The summed E-state index contributed by atoms with van der Waals surface area (Å²) in [5, 5.41) is 3.01. The Labute approximate surface area is 172 Å². The molecule has 1 fully saturated rings. The predicted octanol–water partition coefficient (Wildman–Crippen LogP) is 4.50. The third-order valence-electron chi connectivity index (χ3n) is 5.53.